The average Bonchev–Trinajstić information content (AvgIpc) is 2.93. The van der Waals surface area contributed by atoms with Crippen molar-refractivity contribution >= 4 is 36.8 Å². The van der Waals surface area contributed by atoms with Crippen LogP contribution in [0.25, 0.3) is 22.3 Å². The lowest BCUT2D eigenvalue weighted by molar-refractivity contribution is -0.142. The van der Waals surface area contributed by atoms with Crippen LogP contribution in [-0.2, 0) is 14.3 Å². The van der Waals surface area contributed by atoms with E-state index in [1.807, 2.05) is 97.1 Å². The summed E-state index contributed by atoms with van der Waals surface area (Å²) in [5.74, 6) is -1.44. The van der Waals surface area contributed by atoms with Crippen LogP contribution in [0.2, 0.25) is 0 Å². The molecule has 0 spiro atoms. The first-order valence-electron chi connectivity index (χ1n) is 11.0. The van der Waals surface area contributed by atoms with E-state index in [1.165, 1.54) is 7.11 Å². The zero-order valence-corrected chi connectivity index (χ0v) is 21.8. The van der Waals surface area contributed by atoms with Gasteiger partial charge in [0.15, 0.2) is 0 Å². The highest BCUT2D eigenvalue weighted by atomic mass is 35.5. The fraction of sp³-hybridized carbons (Fsp3) is 0.103. The highest BCUT2D eigenvalue weighted by Gasteiger charge is 2.16. The molecule has 0 saturated carbocycles. The molecule has 0 heterocycles. The normalized spacial score (nSPS) is 11.3. The smallest absolute Gasteiger partial charge is 0.327 e. The molecule has 5 N–H and O–H groups in total. The molecule has 0 radical (unpaired) electrons. The van der Waals surface area contributed by atoms with E-state index < -0.39 is 24.0 Å². The molecule has 0 fully saturated rings. The van der Waals surface area contributed by atoms with Gasteiger partial charge in [-0.2, -0.15) is 0 Å². The molecule has 0 aromatic heterocycles. The van der Waals surface area contributed by atoms with Crippen LogP contribution in [0.1, 0.15) is 23.2 Å². The van der Waals surface area contributed by atoms with E-state index in [-0.39, 0.29) is 24.8 Å². The second-order valence-electron chi connectivity index (χ2n) is 7.79. The van der Waals surface area contributed by atoms with Crippen molar-refractivity contribution < 1.29 is 19.4 Å². The molecule has 4 rings (SSSR count). The van der Waals surface area contributed by atoms with Gasteiger partial charge in [0.1, 0.15) is 12.1 Å². The number of nitrogens with two attached hydrogens (primary N) is 2. The first kappa shape index (κ1) is 31.4. The minimum Gasteiger partial charge on any atom is -0.480 e. The van der Waals surface area contributed by atoms with Crippen molar-refractivity contribution in [1.82, 2.24) is 0 Å². The molecule has 2 unspecified atom stereocenters. The molecular weight excluding hydrogens is 511 g/mol. The van der Waals surface area contributed by atoms with Crippen LogP contribution in [-0.4, -0.2) is 24.2 Å². The molecule has 0 aliphatic carbocycles. The summed E-state index contributed by atoms with van der Waals surface area (Å²) >= 11 is 0. The Bertz CT molecular complexity index is 1240. The molecule has 4 aromatic rings. The third-order valence-electron chi connectivity index (χ3n) is 5.48. The van der Waals surface area contributed by atoms with Gasteiger partial charge >= 0.3 is 11.9 Å². The second-order valence-corrected chi connectivity index (χ2v) is 7.79. The van der Waals surface area contributed by atoms with Gasteiger partial charge in [0.2, 0.25) is 0 Å². The summed E-state index contributed by atoms with van der Waals surface area (Å²) < 4.78 is 4.62. The highest BCUT2D eigenvalue weighted by Crippen LogP contribution is 2.22. The molecule has 37 heavy (non-hydrogen) atoms. The Kier molecular flexibility index (Phi) is 13.1. The Balaban J connectivity index is 0.000000351. The third kappa shape index (κ3) is 8.74. The van der Waals surface area contributed by atoms with Gasteiger partial charge in [-0.3, -0.25) is 9.59 Å². The van der Waals surface area contributed by atoms with E-state index in [9.17, 15) is 9.59 Å². The molecule has 0 saturated heterocycles. The van der Waals surface area contributed by atoms with Crippen LogP contribution in [0.5, 0.6) is 0 Å². The standard InChI is InChI=1S/C15H15NO2.C14H13NO2.2ClH/c1-18-15(17)14(16)13-9-7-12(8-10-13)11-5-3-2-4-6-11;15-13(14(16)17)12-8-6-11(7-9-12)10-4-2-1-3-5-10;;/h2-10,14H,16H2,1H3;1-9,13H,15H2,(H,16,17);2*1H. The van der Waals surface area contributed by atoms with E-state index in [1.54, 1.807) is 12.1 Å². The van der Waals surface area contributed by atoms with E-state index in [0.717, 1.165) is 27.8 Å². The SMILES string of the molecule is COC(=O)C(N)c1ccc(-c2ccccc2)cc1.Cl.Cl.NC(C(=O)O)c1ccc(-c2ccccc2)cc1. The predicted octanol–water partition coefficient (Wildman–Crippen LogP) is 5.81. The maximum Gasteiger partial charge on any atom is 0.327 e. The van der Waals surface area contributed by atoms with Crippen LogP contribution < -0.4 is 11.5 Å². The molecule has 0 aliphatic rings. The minimum atomic E-state index is -1.02. The molecule has 194 valence electrons. The molecule has 4 aromatic carbocycles. The number of hydrogen-bond donors (Lipinski definition) is 3. The summed E-state index contributed by atoms with van der Waals surface area (Å²) in [5.41, 5.74) is 17.0. The van der Waals surface area contributed by atoms with Gasteiger partial charge in [0, 0.05) is 0 Å². The Hall–Kier alpha value is -3.68. The number of carboxylic acids is 1. The van der Waals surface area contributed by atoms with Crippen molar-refractivity contribution in [2.24, 2.45) is 11.5 Å². The minimum absolute atomic E-state index is 0. The lowest BCUT2D eigenvalue weighted by atomic mass is 10.0. The van der Waals surface area contributed by atoms with Crippen LogP contribution in [0.3, 0.4) is 0 Å². The van der Waals surface area contributed by atoms with E-state index in [0.29, 0.717) is 5.56 Å². The monoisotopic (exact) mass is 540 g/mol. The Morgan fingerprint density at radius 3 is 1.24 bits per heavy atom. The van der Waals surface area contributed by atoms with E-state index in [4.69, 9.17) is 16.6 Å². The Morgan fingerprint density at radius 2 is 0.919 bits per heavy atom. The molecule has 0 amide bonds. The van der Waals surface area contributed by atoms with Crippen molar-refractivity contribution in [1.29, 1.82) is 0 Å². The maximum atomic E-state index is 11.3. The zero-order chi connectivity index (χ0) is 25.2. The lowest BCUT2D eigenvalue weighted by Crippen LogP contribution is -2.22. The summed E-state index contributed by atoms with van der Waals surface area (Å²) in [6, 6.07) is 33.1. The van der Waals surface area contributed by atoms with Crippen molar-refractivity contribution in [3.63, 3.8) is 0 Å². The van der Waals surface area contributed by atoms with Crippen LogP contribution in [0, 0.1) is 0 Å². The largest absolute Gasteiger partial charge is 0.480 e. The lowest BCUT2D eigenvalue weighted by Gasteiger charge is -2.10. The Labute approximate surface area is 229 Å². The molecular formula is C29H30Cl2N2O4. The van der Waals surface area contributed by atoms with Crippen molar-refractivity contribution in [3.8, 4) is 22.3 Å². The fourth-order valence-electron chi connectivity index (χ4n) is 3.43. The van der Waals surface area contributed by atoms with Gasteiger partial charge in [-0.25, -0.2) is 0 Å². The summed E-state index contributed by atoms with van der Waals surface area (Å²) in [6.07, 6.45) is 0. The molecule has 6 nitrogen and oxygen atoms in total. The van der Waals surface area contributed by atoms with Crippen molar-refractivity contribution in [2.45, 2.75) is 12.1 Å². The number of methoxy groups -OCH3 is 1. The fourth-order valence-corrected chi connectivity index (χ4v) is 3.43. The van der Waals surface area contributed by atoms with Crippen LogP contribution in [0.4, 0.5) is 0 Å². The van der Waals surface area contributed by atoms with Gasteiger partial charge in [0.05, 0.1) is 7.11 Å². The number of benzene rings is 4. The number of carbonyl (C=O) groups is 2. The van der Waals surface area contributed by atoms with Gasteiger partial charge in [0.25, 0.3) is 0 Å². The number of rotatable bonds is 6. The van der Waals surface area contributed by atoms with E-state index >= 15 is 0 Å². The summed E-state index contributed by atoms with van der Waals surface area (Å²) in [4.78, 5) is 22.0. The van der Waals surface area contributed by atoms with Gasteiger partial charge in [-0.1, -0.05) is 109 Å². The number of esters is 1. The topological polar surface area (TPSA) is 116 Å². The third-order valence-corrected chi connectivity index (χ3v) is 5.48. The quantitative estimate of drug-likeness (QED) is 0.266. The number of carboxylic acid groups (broad SMARTS) is 1. The first-order chi connectivity index (χ1) is 16.9. The maximum absolute atomic E-state index is 11.3. The number of ether oxygens (including phenoxy) is 1. The number of hydrogen-bond acceptors (Lipinski definition) is 5. The number of halogens is 2. The summed E-state index contributed by atoms with van der Waals surface area (Å²) in [7, 11) is 1.33. The predicted molar refractivity (Wildman–Crippen MR) is 152 cm³/mol. The molecule has 0 aliphatic heterocycles. The first-order valence-corrected chi connectivity index (χ1v) is 11.0. The van der Waals surface area contributed by atoms with E-state index in [2.05, 4.69) is 4.74 Å². The molecule has 8 heteroatoms. The summed E-state index contributed by atoms with van der Waals surface area (Å²) in [6.45, 7) is 0. The molecule has 0 bridgehead atoms. The van der Waals surface area contributed by atoms with Crippen LogP contribution >= 0.6 is 24.8 Å². The number of carbonyl (C=O) groups excluding carboxylic acids is 1. The van der Waals surface area contributed by atoms with Crippen molar-refractivity contribution in [2.75, 3.05) is 7.11 Å². The second kappa shape index (κ2) is 15.4. The number of aliphatic carboxylic acids is 1. The summed E-state index contributed by atoms with van der Waals surface area (Å²) in [5, 5.41) is 8.80. The van der Waals surface area contributed by atoms with Gasteiger partial charge in [-0.15, -0.1) is 24.8 Å². The zero-order valence-electron chi connectivity index (χ0n) is 20.2. The Morgan fingerprint density at radius 1 is 0.595 bits per heavy atom. The highest BCUT2D eigenvalue weighted by molar-refractivity contribution is 5.85. The molecule has 2 atom stereocenters. The van der Waals surface area contributed by atoms with Crippen LogP contribution in [0.15, 0.2) is 109 Å². The van der Waals surface area contributed by atoms with Crippen molar-refractivity contribution in [3.05, 3.63) is 120 Å². The average molecular weight is 541 g/mol. The van der Waals surface area contributed by atoms with Gasteiger partial charge in [-0.05, 0) is 33.4 Å². The van der Waals surface area contributed by atoms with Gasteiger partial charge < -0.3 is 21.3 Å².